The first-order valence-electron chi connectivity index (χ1n) is 21.2. The molecule has 9 nitrogen and oxygen atoms in total. The highest BCUT2D eigenvalue weighted by Crippen LogP contribution is 2.48. The maximum Gasteiger partial charge on any atom is 0.500 e. The lowest BCUT2D eigenvalue weighted by Gasteiger charge is -2.37. The zero-order valence-electron chi connectivity index (χ0n) is 36.1. The van der Waals surface area contributed by atoms with Gasteiger partial charge < -0.3 is 39.8 Å². The number of rotatable bonds is 41. The first-order valence-corrected chi connectivity index (χ1v) is 37.3. The molecule has 0 amide bonds. The topological polar surface area (TPSA) is 83.1 Å². The molecule has 0 aromatic heterocycles. The summed E-state index contributed by atoms with van der Waals surface area (Å²) in [5, 5.41) is 0. The van der Waals surface area contributed by atoms with Crippen molar-refractivity contribution < 1.29 is 39.8 Å². The predicted molar refractivity (Wildman–Crippen MR) is 264 cm³/mol. The van der Waals surface area contributed by atoms with Crippen molar-refractivity contribution in [2.24, 2.45) is 17.8 Å². The molecule has 0 aliphatic heterocycles. The van der Waals surface area contributed by atoms with Gasteiger partial charge in [0.15, 0.2) is 0 Å². The highest BCUT2D eigenvalue weighted by atomic mass is 33.7. The summed E-state index contributed by atoms with van der Waals surface area (Å²) in [6.07, 6.45) is 9.80. The lowest BCUT2D eigenvalue weighted by atomic mass is 9.71. The van der Waals surface area contributed by atoms with E-state index in [9.17, 15) is 0 Å². The molecule has 0 N–H and O–H groups in total. The van der Waals surface area contributed by atoms with Crippen LogP contribution in [0.4, 0.5) is 0 Å². The van der Waals surface area contributed by atoms with Crippen LogP contribution in [-0.4, -0.2) is 109 Å². The monoisotopic (exact) mass is 994 g/mol. The Morgan fingerprint density at radius 2 is 0.696 bits per heavy atom. The van der Waals surface area contributed by atoms with Crippen LogP contribution in [0.15, 0.2) is 0 Å². The van der Waals surface area contributed by atoms with Crippen molar-refractivity contribution in [3.8, 4) is 0 Å². The second-order valence-electron chi connectivity index (χ2n) is 13.0. The molecule has 336 valence electrons. The van der Waals surface area contributed by atoms with Crippen LogP contribution in [0.3, 0.4) is 0 Å². The fraction of sp³-hybridized carbons (Fsp3) is 1.00. The fourth-order valence-electron chi connectivity index (χ4n) is 7.11. The van der Waals surface area contributed by atoms with Crippen molar-refractivity contribution in [3.05, 3.63) is 0 Å². The molecule has 3 unspecified atom stereocenters. The minimum absolute atomic E-state index is 0.638. The van der Waals surface area contributed by atoms with E-state index in [0.29, 0.717) is 59.5 Å². The Labute approximate surface area is 377 Å². The molecule has 0 spiro atoms. The minimum Gasteiger partial charge on any atom is -0.374 e. The molecule has 3 atom stereocenters. The van der Waals surface area contributed by atoms with Crippen molar-refractivity contribution in [3.63, 3.8) is 0 Å². The number of hydrogen-bond acceptors (Lipinski definition) is 17. The van der Waals surface area contributed by atoms with Gasteiger partial charge in [-0.2, -0.15) is 0 Å². The third-order valence-corrected chi connectivity index (χ3v) is 31.8. The second-order valence-corrected chi connectivity index (χ2v) is 33.7. The van der Waals surface area contributed by atoms with Crippen molar-refractivity contribution in [2.45, 2.75) is 132 Å². The average Bonchev–Trinajstić information content (AvgIpc) is 3.17. The third-order valence-electron chi connectivity index (χ3n) is 9.20. The molecule has 0 radical (unpaired) electrons. The Morgan fingerprint density at radius 1 is 0.375 bits per heavy atom. The quantitative estimate of drug-likeness (QED) is 0.0331. The van der Waals surface area contributed by atoms with Crippen LogP contribution < -0.4 is 0 Å². The lowest BCUT2D eigenvalue weighted by Crippen LogP contribution is -2.46. The number of hydrogen-bond donors (Lipinski definition) is 0. The molecule has 1 rings (SSSR count). The summed E-state index contributed by atoms with van der Waals surface area (Å²) >= 11 is 0. The molecule has 0 saturated heterocycles. The SMILES string of the molecule is CCO[Si](CCCSSSSCCC1CCC(CC[Si](OCC)(OCC)OCC)CC1CCSSSSCCC[Si](OCC)(OCC)OCC)(OCC)OCC. The maximum absolute atomic E-state index is 6.22. The maximum atomic E-state index is 6.22. The van der Waals surface area contributed by atoms with Gasteiger partial charge in [0, 0.05) is 101 Å². The summed E-state index contributed by atoms with van der Waals surface area (Å²) < 4.78 is 54.8. The Bertz CT molecular complexity index is 853. The first kappa shape index (κ1) is 57.1. The largest absolute Gasteiger partial charge is 0.500 e. The van der Waals surface area contributed by atoms with Crippen molar-refractivity contribution in [1.82, 2.24) is 0 Å². The zero-order chi connectivity index (χ0) is 41.2. The summed E-state index contributed by atoms with van der Waals surface area (Å²) in [4.78, 5) is 0. The molecule has 0 aromatic carbocycles. The van der Waals surface area contributed by atoms with Gasteiger partial charge in [-0.05, 0) is 164 Å². The van der Waals surface area contributed by atoms with Crippen LogP contribution in [0.1, 0.15) is 114 Å². The minimum atomic E-state index is -2.61. The van der Waals surface area contributed by atoms with Crippen molar-refractivity contribution in [2.75, 3.05) is 82.5 Å². The van der Waals surface area contributed by atoms with Crippen LogP contribution in [0.2, 0.25) is 18.1 Å². The van der Waals surface area contributed by atoms with Crippen molar-refractivity contribution >= 4 is 109 Å². The van der Waals surface area contributed by atoms with E-state index in [0.717, 1.165) is 66.7 Å². The Balaban J connectivity index is 2.59. The molecular formula is C36H78O9S8Si3. The van der Waals surface area contributed by atoms with Crippen LogP contribution >= 0.6 is 82.5 Å². The van der Waals surface area contributed by atoms with E-state index in [1.807, 2.05) is 124 Å². The van der Waals surface area contributed by atoms with Gasteiger partial charge in [0.2, 0.25) is 0 Å². The summed E-state index contributed by atoms with van der Waals surface area (Å²) in [5.74, 6) is 6.86. The zero-order valence-corrected chi connectivity index (χ0v) is 45.7. The van der Waals surface area contributed by atoms with Gasteiger partial charge in [-0.15, -0.1) is 0 Å². The van der Waals surface area contributed by atoms with E-state index >= 15 is 0 Å². The Morgan fingerprint density at radius 3 is 1.05 bits per heavy atom. The van der Waals surface area contributed by atoms with E-state index in [-0.39, 0.29) is 0 Å². The standard InChI is InChI=1S/C36H78O9S8Si3/c1-10-37-54(38-11-2,39-12-3)30-19-26-46-50-52-48-28-23-35-22-21-34(25-32-56(43-16-7,44-17-8)45-18-9)33-36(35)24-29-49-53-51-47-27-20-31-55(40-13-4,41-14-5)42-15-6/h34-36H,10-33H2,1-9H3. The van der Waals surface area contributed by atoms with Gasteiger partial charge in [0.1, 0.15) is 0 Å². The van der Waals surface area contributed by atoms with E-state index < -0.39 is 26.4 Å². The van der Waals surface area contributed by atoms with Gasteiger partial charge in [-0.3, -0.25) is 0 Å². The van der Waals surface area contributed by atoms with Gasteiger partial charge in [0.05, 0.1) is 0 Å². The second kappa shape index (κ2) is 37.5. The van der Waals surface area contributed by atoms with Gasteiger partial charge in [0.25, 0.3) is 0 Å². The van der Waals surface area contributed by atoms with E-state index in [4.69, 9.17) is 39.8 Å². The summed E-state index contributed by atoms with van der Waals surface area (Å²) in [5.41, 5.74) is 0. The summed E-state index contributed by atoms with van der Waals surface area (Å²) in [6.45, 7) is 24.1. The van der Waals surface area contributed by atoms with Gasteiger partial charge in [-0.1, -0.05) is 49.6 Å². The first-order chi connectivity index (χ1) is 27.3. The lowest BCUT2D eigenvalue weighted by molar-refractivity contribution is 0.0671. The Hall–Kier alpha value is 3.09. The molecule has 56 heavy (non-hydrogen) atoms. The highest BCUT2D eigenvalue weighted by Gasteiger charge is 2.42. The highest BCUT2D eigenvalue weighted by molar-refractivity contribution is 9.26. The normalized spacial score (nSPS) is 18.3. The molecule has 1 fully saturated rings. The van der Waals surface area contributed by atoms with Gasteiger partial charge in [-0.25, -0.2) is 0 Å². The van der Waals surface area contributed by atoms with Crippen LogP contribution in [0.25, 0.3) is 0 Å². The molecule has 0 aromatic rings. The molecule has 20 heteroatoms. The van der Waals surface area contributed by atoms with Crippen LogP contribution in [0, 0.1) is 17.8 Å². The molecular weight excluding hydrogens is 917 g/mol. The van der Waals surface area contributed by atoms with E-state index in [1.165, 1.54) is 43.6 Å². The fourth-order valence-corrected chi connectivity index (χ4v) is 28.0. The Kier molecular flexibility index (Phi) is 38.2. The molecule has 1 aliphatic rings. The van der Waals surface area contributed by atoms with Crippen LogP contribution in [-0.2, 0) is 39.8 Å². The molecule has 1 aliphatic carbocycles. The predicted octanol–water partition coefficient (Wildman–Crippen LogP) is 13.5. The van der Waals surface area contributed by atoms with Crippen molar-refractivity contribution in [1.29, 1.82) is 0 Å². The smallest absolute Gasteiger partial charge is 0.374 e. The summed E-state index contributed by atoms with van der Waals surface area (Å²) in [6, 6.07) is 2.70. The van der Waals surface area contributed by atoms with Crippen LogP contribution in [0.5, 0.6) is 0 Å². The van der Waals surface area contributed by atoms with E-state index in [2.05, 4.69) is 20.8 Å². The molecule has 0 heterocycles. The molecule has 1 saturated carbocycles. The summed E-state index contributed by atoms with van der Waals surface area (Å²) in [7, 11) is 7.97. The molecule has 0 bridgehead atoms. The van der Waals surface area contributed by atoms with Gasteiger partial charge >= 0.3 is 26.4 Å². The average molecular weight is 996 g/mol. The third kappa shape index (κ3) is 25.4. The van der Waals surface area contributed by atoms with E-state index in [1.54, 1.807) is 0 Å².